The molecule has 0 saturated carbocycles. The maximum absolute atomic E-state index is 13.7. The number of nitrogens with zero attached hydrogens (tertiary/aromatic N) is 2. The number of aryl methyl sites for hydroxylation is 1. The minimum atomic E-state index is -4.06. The van der Waals surface area contributed by atoms with Crippen LogP contribution in [0.4, 0.5) is 5.69 Å². The van der Waals surface area contributed by atoms with Crippen molar-refractivity contribution >= 4 is 43.5 Å². The minimum Gasteiger partial charge on any atom is -0.355 e. The molecule has 7 nitrogen and oxygen atoms in total. The highest BCUT2D eigenvalue weighted by Gasteiger charge is 2.32. The molecule has 190 valence electrons. The molecule has 3 aromatic rings. The van der Waals surface area contributed by atoms with Crippen LogP contribution < -0.4 is 9.62 Å². The highest BCUT2D eigenvalue weighted by molar-refractivity contribution is 9.10. The number of carbonyl (C=O) groups excluding carboxylic acids is 2. The molecular weight excluding hydrogens is 542 g/mol. The van der Waals surface area contributed by atoms with Crippen LogP contribution in [-0.4, -0.2) is 44.3 Å². The first-order valence-corrected chi connectivity index (χ1v) is 13.8. The summed E-state index contributed by atoms with van der Waals surface area (Å²) in [6.07, 6.45) is 0. The van der Waals surface area contributed by atoms with Gasteiger partial charge in [-0.05, 0) is 62.7 Å². The molecule has 0 saturated heterocycles. The summed E-state index contributed by atoms with van der Waals surface area (Å²) < 4.78 is 29.1. The van der Waals surface area contributed by atoms with Crippen LogP contribution in [0.15, 0.2) is 88.2 Å². The van der Waals surface area contributed by atoms with Crippen molar-refractivity contribution in [3.8, 4) is 0 Å². The predicted molar refractivity (Wildman–Crippen MR) is 145 cm³/mol. The molecule has 2 amide bonds. The van der Waals surface area contributed by atoms with Crippen LogP contribution in [0.1, 0.15) is 25.0 Å². The summed E-state index contributed by atoms with van der Waals surface area (Å²) in [5.41, 5.74) is 2.26. The van der Waals surface area contributed by atoms with E-state index in [4.69, 9.17) is 0 Å². The fraction of sp³-hybridized carbons (Fsp3) is 0.259. The van der Waals surface area contributed by atoms with Crippen LogP contribution in [-0.2, 0) is 26.2 Å². The second-order valence-corrected chi connectivity index (χ2v) is 11.2. The van der Waals surface area contributed by atoms with Crippen molar-refractivity contribution in [2.24, 2.45) is 0 Å². The summed E-state index contributed by atoms with van der Waals surface area (Å²) >= 11 is 3.37. The van der Waals surface area contributed by atoms with Crippen LogP contribution in [0, 0.1) is 6.92 Å². The van der Waals surface area contributed by atoms with E-state index in [9.17, 15) is 18.0 Å². The Kier molecular flexibility index (Phi) is 9.28. The van der Waals surface area contributed by atoms with Crippen LogP contribution in [0.2, 0.25) is 0 Å². The first kappa shape index (κ1) is 27.4. The number of anilines is 1. The van der Waals surface area contributed by atoms with E-state index in [0.29, 0.717) is 12.2 Å². The Hall–Kier alpha value is -3.17. The van der Waals surface area contributed by atoms with Crippen molar-refractivity contribution in [2.75, 3.05) is 17.4 Å². The highest BCUT2D eigenvalue weighted by atomic mass is 79.9. The molecule has 0 unspecified atom stereocenters. The van der Waals surface area contributed by atoms with Gasteiger partial charge in [0.2, 0.25) is 11.8 Å². The van der Waals surface area contributed by atoms with Crippen molar-refractivity contribution in [3.05, 3.63) is 94.5 Å². The Morgan fingerprint density at radius 2 is 1.56 bits per heavy atom. The summed E-state index contributed by atoms with van der Waals surface area (Å²) in [6.45, 7) is 5.54. The van der Waals surface area contributed by atoms with Crippen molar-refractivity contribution < 1.29 is 18.0 Å². The number of nitrogens with one attached hydrogen (secondary N) is 1. The second-order valence-electron chi connectivity index (χ2n) is 8.38. The Balaban J connectivity index is 2.00. The average molecular weight is 573 g/mol. The largest absolute Gasteiger partial charge is 0.355 e. The van der Waals surface area contributed by atoms with Gasteiger partial charge in [-0.2, -0.15) is 0 Å². The number of rotatable bonds is 10. The van der Waals surface area contributed by atoms with Gasteiger partial charge in [0.25, 0.3) is 10.0 Å². The lowest BCUT2D eigenvalue weighted by atomic mass is 10.1. The van der Waals surface area contributed by atoms with E-state index in [2.05, 4.69) is 21.2 Å². The van der Waals surface area contributed by atoms with Crippen LogP contribution in [0.25, 0.3) is 0 Å². The van der Waals surface area contributed by atoms with Gasteiger partial charge in [-0.25, -0.2) is 8.42 Å². The molecule has 0 spiro atoms. The predicted octanol–water partition coefficient (Wildman–Crippen LogP) is 4.51. The molecule has 0 bridgehead atoms. The maximum atomic E-state index is 13.7. The van der Waals surface area contributed by atoms with Gasteiger partial charge >= 0.3 is 0 Å². The van der Waals surface area contributed by atoms with Crippen molar-refractivity contribution in [2.45, 2.75) is 38.3 Å². The maximum Gasteiger partial charge on any atom is 0.264 e. The van der Waals surface area contributed by atoms with Gasteiger partial charge in [0, 0.05) is 17.6 Å². The third-order valence-corrected chi connectivity index (χ3v) is 8.03. The Morgan fingerprint density at radius 3 is 2.14 bits per heavy atom. The molecular formula is C27H30BrN3O4S. The Morgan fingerprint density at radius 1 is 0.944 bits per heavy atom. The zero-order valence-electron chi connectivity index (χ0n) is 20.5. The lowest BCUT2D eigenvalue weighted by molar-refractivity contribution is -0.139. The number of carbonyl (C=O) groups is 2. The summed E-state index contributed by atoms with van der Waals surface area (Å²) in [5, 5.41) is 2.75. The average Bonchev–Trinajstić information content (AvgIpc) is 2.87. The number of benzene rings is 3. The number of hydrogen-bond acceptors (Lipinski definition) is 4. The van der Waals surface area contributed by atoms with E-state index in [1.54, 1.807) is 56.3 Å². The lowest BCUT2D eigenvalue weighted by Gasteiger charge is -2.32. The molecule has 0 aromatic heterocycles. The molecule has 0 fully saturated rings. The Labute approximate surface area is 221 Å². The molecule has 36 heavy (non-hydrogen) atoms. The zero-order valence-corrected chi connectivity index (χ0v) is 22.9. The topological polar surface area (TPSA) is 86.8 Å². The van der Waals surface area contributed by atoms with Gasteiger partial charge < -0.3 is 10.2 Å². The van der Waals surface area contributed by atoms with Crippen molar-refractivity contribution in [3.63, 3.8) is 0 Å². The minimum absolute atomic E-state index is 0.0718. The summed E-state index contributed by atoms with van der Waals surface area (Å²) in [7, 11) is -4.06. The standard InChI is InChI=1S/C27H30BrN3O4S/c1-4-29-27(33)21(3)30(18-22-12-10-20(2)11-13-22)26(32)19-31(24-16-14-23(28)15-17-24)36(34,35)25-8-6-5-7-9-25/h5-17,21H,4,18-19H2,1-3H3,(H,29,33)/t21-/m0/s1. The number of amides is 2. The van der Waals surface area contributed by atoms with E-state index >= 15 is 0 Å². The Bertz CT molecular complexity index is 1280. The molecule has 9 heteroatoms. The van der Waals surface area contributed by atoms with Gasteiger partial charge in [0.15, 0.2) is 0 Å². The molecule has 0 radical (unpaired) electrons. The van der Waals surface area contributed by atoms with Gasteiger partial charge in [0.05, 0.1) is 10.6 Å². The van der Waals surface area contributed by atoms with E-state index < -0.39 is 28.5 Å². The van der Waals surface area contributed by atoms with E-state index in [0.717, 1.165) is 19.9 Å². The number of likely N-dealkylation sites (N-methyl/N-ethyl adjacent to an activating group) is 1. The molecule has 3 rings (SSSR count). The first-order chi connectivity index (χ1) is 17.1. The van der Waals surface area contributed by atoms with Crippen LogP contribution in [0.5, 0.6) is 0 Å². The normalized spacial score (nSPS) is 12.0. The van der Waals surface area contributed by atoms with E-state index in [1.165, 1.54) is 17.0 Å². The van der Waals surface area contributed by atoms with Gasteiger partial charge in [-0.1, -0.05) is 64.0 Å². The lowest BCUT2D eigenvalue weighted by Crippen LogP contribution is -2.51. The SMILES string of the molecule is CCNC(=O)[C@H](C)N(Cc1ccc(C)cc1)C(=O)CN(c1ccc(Br)cc1)S(=O)(=O)c1ccccc1. The summed E-state index contributed by atoms with van der Waals surface area (Å²) in [4.78, 5) is 27.9. The number of halogens is 1. The second kappa shape index (κ2) is 12.2. The molecule has 0 aliphatic heterocycles. The third-order valence-electron chi connectivity index (χ3n) is 5.72. The van der Waals surface area contributed by atoms with E-state index in [-0.39, 0.29) is 17.3 Å². The van der Waals surface area contributed by atoms with Crippen molar-refractivity contribution in [1.29, 1.82) is 0 Å². The fourth-order valence-corrected chi connectivity index (χ4v) is 5.35. The quantitative estimate of drug-likeness (QED) is 0.388. The highest BCUT2D eigenvalue weighted by Crippen LogP contribution is 2.26. The fourth-order valence-electron chi connectivity index (χ4n) is 3.65. The van der Waals surface area contributed by atoms with Crippen molar-refractivity contribution in [1.82, 2.24) is 10.2 Å². The summed E-state index contributed by atoms with van der Waals surface area (Å²) in [5.74, 6) is -0.796. The smallest absolute Gasteiger partial charge is 0.264 e. The van der Waals surface area contributed by atoms with Gasteiger partial charge in [0.1, 0.15) is 12.6 Å². The molecule has 3 aromatic carbocycles. The van der Waals surface area contributed by atoms with E-state index in [1.807, 2.05) is 31.2 Å². The first-order valence-electron chi connectivity index (χ1n) is 11.6. The zero-order chi connectivity index (χ0) is 26.3. The number of sulfonamides is 1. The van der Waals surface area contributed by atoms with Gasteiger partial charge in [-0.15, -0.1) is 0 Å². The van der Waals surface area contributed by atoms with Gasteiger partial charge in [-0.3, -0.25) is 13.9 Å². The molecule has 1 atom stereocenters. The monoisotopic (exact) mass is 571 g/mol. The molecule has 0 aliphatic rings. The molecule has 0 aliphatic carbocycles. The number of hydrogen-bond donors (Lipinski definition) is 1. The third kappa shape index (κ3) is 6.73. The van der Waals surface area contributed by atoms with Crippen LogP contribution in [0.3, 0.4) is 0 Å². The molecule has 0 heterocycles. The molecule has 1 N–H and O–H groups in total. The summed E-state index contributed by atoms with van der Waals surface area (Å²) in [6, 6.07) is 21.5. The van der Waals surface area contributed by atoms with Crippen LogP contribution >= 0.6 is 15.9 Å².